The highest BCUT2D eigenvalue weighted by atomic mass is 32.2. The maximum absolute atomic E-state index is 12.0. The van der Waals surface area contributed by atoms with Crippen LogP contribution in [0.3, 0.4) is 0 Å². The van der Waals surface area contributed by atoms with E-state index in [0.717, 1.165) is 47.4 Å². The van der Waals surface area contributed by atoms with E-state index in [9.17, 15) is 9.90 Å². The highest BCUT2D eigenvalue weighted by Crippen LogP contribution is 2.38. The van der Waals surface area contributed by atoms with Crippen molar-refractivity contribution >= 4 is 23.4 Å². The molecule has 5 heteroatoms. The number of aliphatic hydroxyl groups is 1. The van der Waals surface area contributed by atoms with Crippen LogP contribution in [0.15, 0.2) is 76.5 Å². The van der Waals surface area contributed by atoms with Crippen LogP contribution < -0.4 is 11.1 Å². The molecule has 1 saturated carbocycles. The van der Waals surface area contributed by atoms with Gasteiger partial charge < -0.3 is 16.2 Å². The zero-order valence-electron chi connectivity index (χ0n) is 17.7. The first kappa shape index (κ1) is 21.5. The molecule has 0 unspecified atom stereocenters. The first-order chi connectivity index (χ1) is 15.0. The van der Waals surface area contributed by atoms with Crippen molar-refractivity contribution in [1.29, 1.82) is 0 Å². The van der Waals surface area contributed by atoms with E-state index in [4.69, 9.17) is 5.73 Å². The van der Waals surface area contributed by atoms with Crippen molar-refractivity contribution in [1.82, 2.24) is 0 Å². The summed E-state index contributed by atoms with van der Waals surface area (Å²) in [6.07, 6.45) is 3.09. The Kier molecular flexibility index (Phi) is 6.64. The number of primary amides is 1. The molecule has 0 spiro atoms. The van der Waals surface area contributed by atoms with Gasteiger partial charge in [0.2, 0.25) is 0 Å². The number of rotatable bonds is 6. The van der Waals surface area contributed by atoms with Gasteiger partial charge in [-0.15, -0.1) is 0 Å². The van der Waals surface area contributed by atoms with Gasteiger partial charge in [-0.2, -0.15) is 0 Å². The smallest absolute Gasteiger partial charge is 0.250 e. The minimum Gasteiger partial charge on any atom is -0.393 e. The fourth-order valence-electron chi connectivity index (χ4n) is 4.09. The van der Waals surface area contributed by atoms with E-state index in [-0.39, 0.29) is 12.1 Å². The number of aryl methyl sites for hydroxylation is 1. The number of hydrogen-bond acceptors (Lipinski definition) is 4. The van der Waals surface area contributed by atoms with Crippen molar-refractivity contribution in [2.45, 2.75) is 54.5 Å². The standard InChI is InChI=1S/C26H28N2O2S/c1-17-5-4-6-21(15-17)31-25-8-3-2-7-22(25)18-9-14-23(26(27)30)24(16-18)28-19-10-12-20(29)13-11-19/h2-9,14-16,19-20,28-29H,10-13H2,1H3,(H2,27,30). The summed E-state index contributed by atoms with van der Waals surface area (Å²) in [5.74, 6) is -0.438. The van der Waals surface area contributed by atoms with E-state index in [1.165, 1.54) is 10.5 Å². The monoisotopic (exact) mass is 432 g/mol. The van der Waals surface area contributed by atoms with Crippen LogP contribution >= 0.6 is 11.8 Å². The second-order valence-corrected chi connectivity index (χ2v) is 9.30. The Morgan fingerprint density at radius 2 is 1.77 bits per heavy atom. The number of amides is 1. The molecule has 160 valence electrons. The van der Waals surface area contributed by atoms with Gasteiger partial charge in [-0.25, -0.2) is 0 Å². The van der Waals surface area contributed by atoms with Gasteiger partial charge in [-0.3, -0.25) is 4.79 Å². The van der Waals surface area contributed by atoms with E-state index in [1.54, 1.807) is 11.8 Å². The number of nitrogens with two attached hydrogens (primary N) is 1. The second-order valence-electron chi connectivity index (χ2n) is 8.19. The lowest BCUT2D eigenvalue weighted by molar-refractivity contribution is 0.100. The topological polar surface area (TPSA) is 75.4 Å². The number of anilines is 1. The molecule has 0 bridgehead atoms. The van der Waals surface area contributed by atoms with E-state index in [0.29, 0.717) is 5.56 Å². The Hall–Kier alpha value is -2.76. The lowest BCUT2D eigenvalue weighted by Gasteiger charge is -2.28. The van der Waals surface area contributed by atoms with Crippen molar-refractivity contribution < 1.29 is 9.90 Å². The molecule has 1 aliphatic rings. The Labute approximate surface area is 187 Å². The molecule has 3 aromatic carbocycles. The van der Waals surface area contributed by atoms with Crippen LogP contribution in [0.4, 0.5) is 5.69 Å². The van der Waals surface area contributed by atoms with Crippen molar-refractivity contribution in [2.75, 3.05) is 5.32 Å². The highest BCUT2D eigenvalue weighted by molar-refractivity contribution is 7.99. The SMILES string of the molecule is Cc1cccc(Sc2ccccc2-c2ccc(C(N)=O)c(NC3CCC(O)CC3)c2)c1. The van der Waals surface area contributed by atoms with Gasteiger partial charge in [-0.1, -0.05) is 53.7 Å². The fraction of sp³-hybridized carbons (Fsp3) is 0.269. The second kappa shape index (κ2) is 9.58. The molecular weight excluding hydrogens is 404 g/mol. The third-order valence-corrected chi connectivity index (χ3v) is 6.82. The Bertz CT molecular complexity index is 1070. The van der Waals surface area contributed by atoms with Crippen molar-refractivity contribution in [3.63, 3.8) is 0 Å². The Morgan fingerprint density at radius 3 is 2.52 bits per heavy atom. The quantitative estimate of drug-likeness (QED) is 0.472. The molecule has 0 heterocycles. The normalized spacial score (nSPS) is 18.5. The first-order valence-electron chi connectivity index (χ1n) is 10.7. The average Bonchev–Trinajstić information content (AvgIpc) is 2.75. The maximum Gasteiger partial charge on any atom is 0.250 e. The fourth-order valence-corrected chi connectivity index (χ4v) is 5.17. The highest BCUT2D eigenvalue weighted by Gasteiger charge is 2.21. The molecule has 4 rings (SSSR count). The maximum atomic E-state index is 12.0. The van der Waals surface area contributed by atoms with Crippen LogP contribution in [-0.4, -0.2) is 23.2 Å². The molecule has 1 fully saturated rings. The zero-order valence-corrected chi connectivity index (χ0v) is 18.5. The molecule has 0 aromatic heterocycles. The first-order valence-corrected chi connectivity index (χ1v) is 11.5. The van der Waals surface area contributed by atoms with Crippen molar-refractivity contribution in [3.05, 3.63) is 77.9 Å². The summed E-state index contributed by atoms with van der Waals surface area (Å²) >= 11 is 1.74. The molecular formula is C26H28N2O2S. The number of benzene rings is 3. The predicted molar refractivity (Wildman–Crippen MR) is 128 cm³/mol. The van der Waals surface area contributed by atoms with Crippen LogP contribution in [0.1, 0.15) is 41.6 Å². The number of carbonyl (C=O) groups is 1. The summed E-state index contributed by atoms with van der Waals surface area (Å²) in [4.78, 5) is 14.4. The van der Waals surface area contributed by atoms with Gasteiger partial charge in [-0.05, 0) is 74.1 Å². The Balaban J connectivity index is 1.66. The summed E-state index contributed by atoms with van der Waals surface area (Å²) in [6, 6.07) is 22.8. The predicted octanol–water partition coefficient (Wildman–Crippen LogP) is 5.63. The summed E-state index contributed by atoms with van der Waals surface area (Å²) in [5.41, 5.74) is 10.3. The van der Waals surface area contributed by atoms with Gasteiger partial charge in [0, 0.05) is 21.5 Å². The third kappa shape index (κ3) is 5.30. The lowest BCUT2D eigenvalue weighted by atomic mass is 9.92. The van der Waals surface area contributed by atoms with Gasteiger partial charge in [0.1, 0.15) is 0 Å². The van der Waals surface area contributed by atoms with E-state index < -0.39 is 5.91 Å². The summed E-state index contributed by atoms with van der Waals surface area (Å²) in [6.45, 7) is 2.10. The molecule has 4 nitrogen and oxygen atoms in total. The number of carbonyl (C=O) groups excluding carboxylic acids is 1. The van der Waals surface area contributed by atoms with E-state index in [2.05, 4.69) is 48.6 Å². The lowest BCUT2D eigenvalue weighted by Crippen LogP contribution is -2.29. The van der Waals surface area contributed by atoms with E-state index in [1.807, 2.05) is 30.3 Å². The molecule has 1 aliphatic carbocycles. The average molecular weight is 433 g/mol. The van der Waals surface area contributed by atoms with Gasteiger partial charge >= 0.3 is 0 Å². The molecule has 0 saturated heterocycles. The van der Waals surface area contributed by atoms with Crippen LogP contribution in [0.5, 0.6) is 0 Å². The summed E-state index contributed by atoms with van der Waals surface area (Å²) < 4.78 is 0. The van der Waals surface area contributed by atoms with Crippen LogP contribution in [0.25, 0.3) is 11.1 Å². The number of hydrogen-bond donors (Lipinski definition) is 3. The molecule has 1 amide bonds. The number of aliphatic hydroxyl groups excluding tert-OH is 1. The summed E-state index contributed by atoms with van der Waals surface area (Å²) in [5, 5.41) is 13.3. The van der Waals surface area contributed by atoms with Gasteiger partial charge in [0.15, 0.2) is 0 Å². The van der Waals surface area contributed by atoms with Crippen LogP contribution in [-0.2, 0) is 0 Å². The molecule has 31 heavy (non-hydrogen) atoms. The molecule has 0 atom stereocenters. The van der Waals surface area contributed by atoms with Crippen LogP contribution in [0, 0.1) is 6.92 Å². The van der Waals surface area contributed by atoms with E-state index >= 15 is 0 Å². The van der Waals surface area contributed by atoms with Crippen molar-refractivity contribution in [3.8, 4) is 11.1 Å². The summed E-state index contributed by atoms with van der Waals surface area (Å²) in [7, 11) is 0. The van der Waals surface area contributed by atoms with Crippen LogP contribution in [0.2, 0.25) is 0 Å². The molecule has 4 N–H and O–H groups in total. The van der Waals surface area contributed by atoms with Gasteiger partial charge in [0.25, 0.3) is 5.91 Å². The van der Waals surface area contributed by atoms with Crippen molar-refractivity contribution in [2.24, 2.45) is 5.73 Å². The largest absolute Gasteiger partial charge is 0.393 e. The third-order valence-electron chi connectivity index (χ3n) is 5.76. The molecule has 0 aliphatic heterocycles. The molecule has 3 aromatic rings. The minimum absolute atomic E-state index is 0.217. The zero-order chi connectivity index (χ0) is 21.8. The number of nitrogens with one attached hydrogen (secondary N) is 1. The van der Waals surface area contributed by atoms with Gasteiger partial charge in [0.05, 0.1) is 11.7 Å². The minimum atomic E-state index is -0.438. The Morgan fingerprint density at radius 1 is 1.00 bits per heavy atom. The molecule has 0 radical (unpaired) electrons.